The molecule has 0 radical (unpaired) electrons. The van der Waals surface area contributed by atoms with Gasteiger partial charge in [-0.25, -0.2) is 0 Å². The van der Waals surface area contributed by atoms with Crippen LogP contribution < -0.4 is 15.8 Å². The van der Waals surface area contributed by atoms with Crippen LogP contribution in [-0.4, -0.2) is 47.9 Å². The minimum absolute atomic E-state index is 0.530. The van der Waals surface area contributed by atoms with Gasteiger partial charge in [0.1, 0.15) is 15.8 Å². The fraction of sp³-hybridized carbons (Fsp3) is 0.467. The van der Waals surface area contributed by atoms with Crippen molar-refractivity contribution in [3.05, 3.63) is 23.2 Å². The number of methoxy groups -OCH3 is 1. The monoisotopic (exact) mass is 319 g/mol. The average Bonchev–Trinajstić information content (AvgIpc) is 2.96. The Morgan fingerprint density at radius 2 is 2.32 bits per heavy atom. The second-order valence-electron chi connectivity index (χ2n) is 5.55. The number of anilines is 1. The first kappa shape index (κ1) is 15.2. The smallest absolute Gasteiger partial charge is 0.147 e. The van der Waals surface area contributed by atoms with Gasteiger partial charge in [0.25, 0.3) is 0 Å². The molecule has 2 aromatic rings. The molecule has 7 heteroatoms. The predicted octanol–water partition coefficient (Wildman–Crippen LogP) is 1.59. The van der Waals surface area contributed by atoms with E-state index in [1.165, 1.54) is 0 Å². The van der Waals surface area contributed by atoms with Crippen molar-refractivity contribution in [3.8, 4) is 16.3 Å². The van der Waals surface area contributed by atoms with Gasteiger partial charge < -0.3 is 15.8 Å². The Hall–Kier alpha value is -1.70. The lowest BCUT2D eigenvalue weighted by Gasteiger charge is -2.30. The number of rotatable bonds is 4. The summed E-state index contributed by atoms with van der Waals surface area (Å²) in [6.07, 6.45) is 0. The highest BCUT2D eigenvalue weighted by atomic mass is 32.1. The topological polar surface area (TPSA) is 76.3 Å². The molecular formula is C15H21N5OS. The fourth-order valence-electron chi connectivity index (χ4n) is 2.63. The molecule has 1 saturated heterocycles. The lowest BCUT2D eigenvalue weighted by molar-refractivity contribution is 0.199. The molecule has 1 atom stereocenters. The molecule has 1 unspecified atom stereocenters. The number of nitrogens with two attached hydrogens (primary N) is 1. The number of ether oxygens (including phenoxy) is 1. The number of nitrogens with one attached hydrogen (secondary N) is 1. The Morgan fingerprint density at radius 1 is 1.45 bits per heavy atom. The summed E-state index contributed by atoms with van der Waals surface area (Å²) in [5.74, 6) is 0.671. The summed E-state index contributed by atoms with van der Waals surface area (Å²) < 4.78 is 5.26. The molecule has 3 rings (SSSR count). The summed E-state index contributed by atoms with van der Waals surface area (Å²) >= 11 is 1.63. The third-order valence-electron chi connectivity index (χ3n) is 3.76. The zero-order valence-electron chi connectivity index (χ0n) is 12.9. The van der Waals surface area contributed by atoms with Crippen molar-refractivity contribution in [3.63, 3.8) is 0 Å². The second-order valence-corrected chi connectivity index (χ2v) is 6.61. The molecule has 6 nitrogen and oxygen atoms in total. The first-order chi connectivity index (χ1) is 10.7. The second kappa shape index (κ2) is 6.60. The van der Waals surface area contributed by atoms with Crippen molar-refractivity contribution < 1.29 is 4.74 Å². The van der Waals surface area contributed by atoms with Gasteiger partial charge in [-0.05, 0) is 25.1 Å². The lowest BCUT2D eigenvalue weighted by atomic mass is 10.2. The van der Waals surface area contributed by atoms with Gasteiger partial charge in [-0.1, -0.05) is 11.3 Å². The molecule has 0 spiro atoms. The molecule has 1 aliphatic rings. The molecule has 0 saturated carbocycles. The molecule has 1 aromatic heterocycles. The van der Waals surface area contributed by atoms with Crippen LogP contribution in [0.2, 0.25) is 0 Å². The molecule has 22 heavy (non-hydrogen) atoms. The van der Waals surface area contributed by atoms with Crippen LogP contribution in [0.4, 0.5) is 5.69 Å². The van der Waals surface area contributed by atoms with E-state index in [-0.39, 0.29) is 0 Å². The van der Waals surface area contributed by atoms with Crippen molar-refractivity contribution in [2.24, 2.45) is 0 Å². The van der Waals surface area contributed by atoms with Crippen molar-refractivity contribution in [2.45, 2.75) is 19.5 Å². The largest absolute Gasteiger partial charge is 0.495 e. The van der Waals surface area contributed by atoms with Crippen molar-refractivity contribution >= 4 is 17.0 Å². The van der Waals surface area contributed by atoms with E-state index >= 15 is 0 Å². The Labute approximate surface area is 134 Å². The summed E-state index contributed by atoms with van der Waals surface area (Å²) in [6, 6.07) is 6.23. The first-order valence-corrected chi connectivity index (χ1v) is 8.19. The number of hydrogen-bond acceptors (Lipinski definition) is 7. The first-order valence-electron chi connectivity index (χ1n) is 7.37. The highest BCUT2D eigenvalue weighted by molar-refractivity contribution is 7.14. The summed E-state index contributed by atoms with van der Waals surface area (Å²) in [5.41, 5.74) is 7.47. The van der Waals surface area contributed by atoms with Crippen LogP contribution in [0.25, 0.3) is 10.6 Å². The Morgan fingerprint density at radius 3 is 3.09 bits per heavy atom. The maximum Gasteiger partial charge on any atom is 0.147 e. The van der Waals surface area contributed by atoms with E-state index in [1.54, 1.807) is 18.4 Å². The van der Waals surface area contributed by atoms with Crippen LogP contribution in [0, 0.1) is 0 Å². The number of nitrogen functional groups attached to an aromatic ring is 1. The summed E-state index contributed by atoms with van der Waals surface area (Å²) in [5, 5.41) is 14.0. The Balaban J connectivity index is 1.73. The van der Waals surface area contributed by atoms with Gasteiger partial charge in [0.15, 0.2) is 0 Å². The van der Waals surface area contributed by atoms with Crippen molar-refractivity contribution in [1.82, 2.24) is 20.4 Å². The maximum absolute atomic E-state index is 5.85. The standard InChI is InChI=1S/C15H21N5OS/c1-10-8-20(6-5-17-10)9-14-18-19-15(22-14)11-3-4-12(16)13(7-11)21-2/h3-4,7,10,17H,5-6,8-9,16H2,1-2H3. The fourth-order valence-corrected chi connectivity index (χ4v) is 3.50. The summed E-state index contributed by atoms with van der Waals surface area (Å²) in [7, 11) is 1.62. The van der Waals surface area contributed by atoms with Gasteiger partial charge in [0, 0.05) is 31.2 Å². The van der Waals surface area contributed by atoms with E-state index in [9.17, 15) is 0 Å². The molecule has 0 bridgehead atoms. The van der Waals surface area contributed by atoms with Crippen LogP contribution in [0.3, 0.4) is 0 Å². The van der Waals surface area contributed by atoms with Crippen LogP contribution >= 0.6 is 11.3 Å². The van der Waals surface area contributed by atoms with Gasteiger partial charge in [0.05, 0.1) is 19.3 Å². The zero-order valence-corrected chi connectivity index (χ0v) is 13.7. The average molecular weight is 319 g/mol. The normalized spacial score (nSPS) is 19.3. The predicted molar refractivity (Wildman–Crippen MR) is 89.1 cm³/mol. The number of piperazine rings is 1. The Bertz CT molecular complexity index is 645. The molecule has 1 aliphatic heterocycles. The zero-order chi connectivity index (χ0) is 15.5. The van der Waals surface area contributed by atoms with E-state index in [2.05, 4.69) is 27.3 Å². The van der Waals surface area contributed by atoms with E-state index < -0.39 is 0 Å². The lowest BCUT2D eigenvalue weighted by Crippen LogP contribution is -2.48. The van der Waals surface area contributed by atoms with Crippen LogP contribution in [0.1, 0.15) is 11.9 Å². The van der Waals surface area contributed by atoms with E-state index in [1.807, 2.05) is 18.2 Å². The Kier molecular flexibility index (Phi) is 4.56. The minimum Gasteiger partial charge on any atom is -0.495 e. The quantitative estimate of drug-likeness (QED) is 0.834. The minimum atomic E-state index is 0.530. The third kappa shape index (κ3) is 3.37. The highest BCUT2D eigenvalue weighted by Crippen LogP contribution is 2.30. The van der Waals surface area contributed by atoms with Gasteiger partial charge in [0.2, 0.25) is 0 Å². The molecule has 1 fully saturated rings. The molecular weight excluding hydrogens is 298 g/mol. The molecule has 0 aliphatic carbocycles. The SMILES string of the molecule is COc1cc(-c2nnc(CN3CCNC(C)C3)s2)ccc1N. The number of aromatic nitrogens is 2. The van der Waals surface area contributed by atoms with Crippen LogP contribution in [-0.2, 0) is 6.54 Å². The summed E-state index contributed by atoms with van der Waals surface area (Å²) in [6.45, 7) is 6.19. The van der Waals surface area contributed by atoms with E-state index in [0.717, 1.165) is 41.8 Å². The third-order valence-corrected chi connectivity index (χ3v) is 4.72. The number of benzene rings is 1. The van der Waals surface area contributed by atoms with E-state index in [0.29, 0.717) is 17.5 Å². The van der Waals surface area contributed by atoms with Crippen molar-refractivity contribution in [1.29, 1.82) is 0 Å². The molecule has 3 N–H and O–H groups in total. The molecule has 0 amide bonds. The number of nitrogens with zero attached hydrogens (tertiary/aromatic N) is 3. The molecule has 118 valence electrons. The molecule has 2 heterocycles. The maximum atomic E-state index is 5.85. The number of hydrogen-bond donors (Lipinski definition) is 2. The van der Waals surface area contributed by atoms with Crippen molar-refractivity contribution in [2.75, 3.05) is 32.5 Å². The summed E-state index contributed by atoms with van der Waals surface area (Å²) in [4.78, 5) is 2.41. The highest BCUT2D eigenvalue weighted by Gasteiger charge is 2.17. The van der Waals surface area contributed by atoms with Gasteiger partial charge in [-0.2, -0.15) is 0 Å². The van der Waals surface area contributed by atoms with Gasteiger partial charge in [-0.15, -0.1) is 10.2 Å². The molecule has 1 aromatic carbocycles. The van der Waals surface area contributed by atoms with Crippen LogP contribution in [0.5, 0.6) is 5.75 Å². The van der Waals surface area contributed by atoms with Crippen LogP contribution in [0.15, 0.2) is 18.2 Å². The van der Waals surface area contributed by atoms with E-state index in [4.69, 9.17) is 10.5 Å². The van der Waals surface area contributed by atoms with Gasteiger partial charge >= 0.3 is 0 Å². The van der Waals surface area contributed by atoms with Gasteiger partial charge in [-0.3, -0.25) is 4.90 Å².